The molecular formula is C16H14N2O3. The standard InChI is InChI=1S/C16H14N2O3/c1-11(19)15-7-6-14(8-16(15)18(20)21)17-9-12-4-2-3-5-13(12)10-17/h2-8H,9-10H2,1H3. The summed E-state index contributed by atoms with van der Waals surface area (Å²) >= 11 is 0. The Morgan fingerprint density at radius 3 is 2.29 bits per heavy atom. The molecule has 106 valence electrons. The highest BCUT2D eigenvalue weighted by molar-refractivity contribution is 5.98. The van der Waals surface area contributed by atoms with E-state index in [1.807, 2.05) is 12.1 Å². The van der Waals surface area contributed by atoms with E-state index in [1.54, 1.807) is 12.1 Å². The molecule has 0 spiro atoms. The second-order valence-electron chi connectivity index (χ2n) is 5.14. The molecule has 1 heterocycles. The SMILES string of the molecule is CC(=O)c1ccc(N2Cc3ccccc3C2)cc1[N+](=O)[O-]. The minimum atomic E-state index is -0.497. The molecule has 0 aromatic heterocycles. The summed E-state index contributed by atoms with van der Waals surface area (Å²) in [6.45, 7) is 2.80. The number of nitrogens with zero attached hydrogens (tertiary/aromatic N) is 2. The lowest BCUT2D eigenvalue weighted by atomic mass is 10.1. The van der Waals surface area contributed by atoms with E-state index in [2.05, 4.69) is 17.0 Å². The van der Waals surface area contributed by atoms with Gasteiger partial charge >= 0.3 is 0 Å². The number of nitro groups is 1. The molecule has 21 heavy (non-hydrogen) atoms. The van der Waals surface area contributed by atoms with Crippen molar-refractivity contribution >= 4 is 17.2 Å². The quantitative estimate of drug-likeness (QED) is 0.492. The Labute approximate surface area is 122 Å². The van der Waals surface area contributed by atoms with Crippen molar-refractivity contribution < 1.29 is 9.72 Å². The third kappa shape index (κ3) is 2.38. The maximum atomic E-state index is 11.5. The van der Waals surface area contributed by atoms with E-state index in [9.17, 15) is 14.9 Å². The number of benzene rings is 2. The zero-order valence-corrected chi connectivity index (χ0v) is 11.6. The van der Waals surface area contributed by atoms with Gasteiger partial charge in [-0.3, -0.25) is 14.9 Å². The van der Waals surface area contributed by atoms with Crippen LogP contribution in [0.25, 0.3) is 0 Å². The molecule has 0 radical (unpaired) electrons. The molecular weight excluding hydrogens is 268 g/mol. The van der Waals surface area contributed by atoms with Gasteiger partial charge in [-0.2, -0.15) is 0 Å². The van der Waals surface area contributed by atoms with Crippen LogP contribution in [0.4, 0.5) is 11.4 Å². The van der Waals surface area contributed by atoms with Crippen molar-refractivity contribution in [1.82, 2.24) is 0 Å². The van der Waals surface area contributed by atoms with Crippen molar-refractivity contribution in [1.29, 1.82) is 0 Å². The van der Waals surface area contributed by atoms with Gasteiger partial charge in [0.15, 0.2) is 5.78 Å². The molecule has 0 atom stereocenters. The fraction of sp³-hybridized carbons (Fsp3) is 0.188. The van der Waals surface area contributed by atoms with Gasteiger partial charge in [-0.15, -0.1) is 0 Å². The van der Waals surface area contributed by atoms with E-state index in [0.717, 1.165) is 18.8 Å². The summed E-state index contributed by atoms with van der Waals surface area (Å²) in [6.07, 6.45) is 0. The highest BCUT2D eigenvalue weighted by Crippen LogP contribution is 2.32. The summed E-state index contributed by atoms with van der Waals surface area (Å²) in [5.41, 5.74) is 3.26. The molecule has 2 aromatic rings. The molecule has 5 nitrogen and oxygen atoms in total. The van der Waals surface area contributed by atoms with E-state index in [0.29, 0.717) is 0 Å². The molecule has 2 aromatic carbocycles. The van der Waals surface area contributed by atoms with Gasteiger partial charge < -0.3 is 4.90 Å². The van der Waals surface area contributed by atoms with Crippen LogP contribution in [0.2, 0.25) is 0 Å². The highest BCUT2D eigenvalue weighted by atomic mass is 16.6. The van der Waals surface area contributed by atoms with Crippen LogP contribution in [-0.2, 0) is 13.1 Å². The summed E-state index contributed by atoms with van der Waals surface area (Å²) in [5, 5.41) is 11.1. The molecule has 1 aliphatic heterocycles. The zero-order chi connectivity index (χ0) is 15.0. The number of carbonyl (C=O) groups excluding carboxylic acids is 1. The van der Waals surface area contributed by atoms with Gasteiger partial charge in [0, 0.05) is 24.8 Å². The first-order chi connectivity index (χ1) is 10.1. The number of nitro benzene ring substituents is 1. The molecule has 0 aliphatic carbocycles. The molecule has 0 N–H and O–H groups in total. The molecule has 0 fully saturated rings. The number of ketones is 1. The molecule has 0 saturated carbocycles. The zero-order valence-electron chi connectivity index (χ0n) is 11.6. The van der Waals surface area contributed by atoms with E-state index in [4.69, 9.17) is 0 Å². The van der Waals surface area contributed by atoms with Gasteiger partial charge in [-0.1, -0.05) is 24.3 Å². The van der Waals surface area contributed by atoms with Crippen LogP contribution >= 0.6 is 0 Å². The molecule has 0 saturated heterocycles. The van der Waals surface area contributed by atoms with Gasteiger partial charge in [0.2, 0.25) is 0 Å². The van der Waals surface area contributed by atoms with E-state index < -0.39 is 4.92 Å². The minimum absolute atomic E-state index is 0.129. The normalized spacial score (nSPS) is 13.1. The van der Waals surface area contributed by atoms with Gasteiger partial charge in [0.05, 0.1) is 10.5 Å². The van der Waals surface area contributed by atoms with Crippen molar-refractivity contribution in [2.24, 2.45) is 0 Å². The van der Waals surface area contributed by atoms with Crippen LogP contribution in [0.1, 0.15) is 28.4 Å². The van der Waals surface area contributed by atoms with Crippen LogP contribution in [0, 0.1) is 10.1 Å². The largest absolute Gasteiger partial charge is 0.363 e. The van der Waals surface area contributed by atoms with Crippen LogP contribution in [0.3, 0.4) is 0 Å². The van der Waals surface area contributed by atoms with E-state index in [-0.39, 0.29) is 17.0 Å². The smallest absolute Gasteiger partial charge is 0.282 e. The average molecular weight is 282 g/mol. The van der Waals surface area contributed by atoms with Crippen LogP contribution in [-0.4, -0.2) is 10.7 Å². The van der Waals surface area contributed by atoms with Gasteiger partial charge in [0.1, 0.15) is 0 Å². The first kappa shape index (κ1) is 13.3. The Morgan fingerprint density at radius 1 is 1.14 bits per heavy atom. The topological polar surface area (TPSA) is 63.5 Å². The molecule has 0 bridgehead atoms. The van der Waals surface area contributed by atoms with Crippen LogP contribution < -0.4 is 4.90 Å². The number of anilines is 1. The lowest BCUT2D eigenvalue weighted by molar-refractivity contribution is -0.385. The molecule has 0 amide bonds. The first-order valence-corrected chi connectivity index (χ1v) is 6.67. The number of hydrogen-bond acceptors (Lipinski definition) is 4. The fourth-order valence-corrected chi connectivity index (χ4v) is 2.68. The van der Waals surface area contributed by atoms with Crippen molar-refractivity contribution in [3.63, 3.8) is 0 Å². The van der Waals surface area contributed by atoms with Crippen molar-refractivity contribution in [3.8, 4) is 0 Å². The third-order valence-corrected chi connectivity index (χ3v) is 3.76. The maximum absolute atomic E-state index is 11.5. The minimum Gasteiger partial charge on any atom is -0.363 e. The second kappa shape index (κ2) is 5.01. The molecule has 3 rings (SSSR count). The summed E-state index contributed by atoms with van der Waals surface area (Å²) < 4.78 is 0. The first-order valence-electron chi connectivity index (χ1n) is 6.67. The second-order valence-corrected chi connectivity index (χ2v) is 5.14. The van der Waals surface area contributed by atoms with Crippen LogP contribution in [0.5, 0.6) is 0 Å². The predicted octanol–water partition coefficient (Wildman–Crippen LogP) is 3.32. The van der Waals surface area contributed by atoms with Crippen molar-refractivity contribution in [2.75, 3.05) is 4.90 Å². The van der Waals surface area contributed by atoms with Gasteiger partial charge in [-0.25, -0.2) is 0 Å². The van der Waals surface area contributed by atoms with Crippen molar-refractivity contribution in [3.05, 3.63) is 69.3 Å². The Kier molecular flexibility index (Phi) is 3.17. The number of hydrogen-bond donors (Lipinski definition) is 0. The third-order valence-electron chi connectivity index (χ3n) is 3.76. The monoisotopic (exact) mass is 282 g/mol. The lowest BCUT2D eigenvalue weighted by Gasteiger charge is -2.17. The maximum Gasteiger partial charge on any atom is 0.282 e. The number of fused-ring (bicyclic) bond motifs is 1. The lowest BCUT2D eigenvalue weighted by Crippen LogP contribution is -2.15. The van der Waals surface area contributed by atoms with Gasteiger partial charge in [-0.05, 0) is 30.2 Å². The van der Waals surface area contributed by atoms with Crippen molar-refractivity contribution in [2.45, 2.75) is 20.0 Å². The molecule has 5 heteroatoms. The average Bonchev–Trinajstić information content (AvgIpc) is 2.90. The van der Waals surface area contributed by atoms with E-state index >= 15 is 0 Å². The molecule has 0 unspecified atom stereocenters. The summed E-state index contributed by atoms with van der Waals surface area (Å²) in [5.74, 6) is -0.294. The Bertz CT molecular complexity index is 715. The highest BCUT2D eigenvalue weighted by Gasteiger charge is 2.23. The number of carbonyl (C=O) groups is 1. The summed E-state index contributed by atoms with van der Waals surface area (Å²) in [4.78, 5) is 24.2. The summed E-state index contributed by atoms with van der Waals surface area (Å²) in [6, 6.07) is 12.9. The Morgan fingerprint density at radius 2 is 1.76 bits per heavy atom. The molecule has 1 aliphatic rings. The fourth-order valence-electron chi connectivity index (χ4n) is 2.68. The Balaban J connectivity index is 1.96. The van der Waals surface area contributed by atoms with Crippen LogP contribution in [0.15, 0.2) is 42.5 Å². The Hall–Kier alpha value is -2.69. The summed E-state index contributed by atoms with van der Waals surface area (Å²) in [7, 11) is 0. The number of Topliss-reactive ketones (excluding diaryl/α,β-unsaturated/α-hetero) is 1. The predicted molar refractivity (Wildman–Crippen MR) is 79.4 cm³/mol. The van der Waals surface area contributed by atoms with E-state index in [1.165, 1.54) is 24.1 Å². The number of rotatable bonds is 3. The van der Waals surface area contributed by atoms with Gasteiger partial charge in [0.25, 0.3) is 5.69 Å².